The Morgan fingerprint density at radius 1 is 0.647 bits per heavy atom. The molecule has 0 bridgehead atoms. The molecule has 186 valence electrons. The molecule has 0 spiro atoms. The van der Waals surface area contributed by atoms with Gasteiger partial charge in [-0.25, -0.2) is 0 Å². The fraction of sp³-hybridized carbons (Fsp3) is 0.500. The van der Waals surface area contributed by atoms with Crippen molar-refractivity contribution in [3.8, 4) is 11.1 Å². The van der Waals surface area contributed by atoms with Crippen LogP contribution in [0.1, 0.15) is 36.8 Å². The molecule has 0 heterocycles. The zero-order valence-corrected chi connectivity index (χ0v) is 21.2. The van der Waals surface area contributed by atoms with E-state index in [4.69, 9.17) is 9.47 Å². The molecule has 0 N–H and O–H groups in total. The molecule has 6 heteroatoms. The lowest BCUT2D eigenvalue weighted by molar-refractivity contribution is -0.124. The van der Waals surface area contributed by atoms with Crippen LogP contribution in [0.4, 0.5) is 0 Å². The predicted octanol–water partition coefficient (Wildman–Crippen LogP) is 4.21. The molecule has 0 fully saturated rings. The van der Waals surface area contributed by atoms with Crippen molar-refractivity contribution in [3.63, 3.8) is 0 Å². The molecule has 0 amide bonds. The first-order chi connectivity index (χ1) is 16.4. The highest BCUT2D eigenvalue weighted by molar-refractivity contribution is 5.80. The van der Waals surface area contributed by atoms with Crippen LogP contribution in [0, 0.1) is 0 Å². The van der Waals surface area contributed by atoms with Crippen molar-refractivity contribution in [2.75, 3.05) is 54.5 Å². The van der Waals surface area contributed by atoms with E-state index in [0.29, 0.717) is 26.1 Å². The summed E-state index contributed by atoms with van der Waals surface area (Å²) in [4.78, 5) is 28.4. The minimum Gasteiger partial charge on any atom is -0.369 e. The molecule has 0 atom stereocenters. The predicted molar refractivity (Wildman–Crippen MR) is 137 cm³/mol. The van der Waals surface area contributed by atoms with Crippen LogP contribution < -0.4 is 0 Å². The molecule has 0 aliphatic heterocycles. The summed E-state index contributed by atoms with van der Waals surface area (Å²) in [6.07, 6.45) is 2.76. The van der Waals surface area contributed by atoms with Gasteiger partial charge >= 0.3 is 0 Å². The Labute approximate surface area is 204 Å². The van der Waals surface area contributed by atoms with Crippen LogP contribution >= 0.6 is 0 Å². The quantitative estimate of drug-likeness (QED) is 0.347. The zero-order valence-electron chi connectivity index (χ0n) is 21.2. The van der Waals surface area contributed by atoms with Crippen molar-refractivity contribution < 1.29 is 19.1 Å². The van der Waals surface area contributed by atoms with Crippen LogP contribution in [-0.2, 0) is 32.3 Å². The maximum absolute atomic E-state index is 12.1. The van der Waals surface area contributed by atoms with Crippen LogP contribution in [-0.4, -0.2) is 75.9 Å². The zero-order chi connectivity index (χ0) is 24.8. The first-order valence-electron chi connectivity index (χ1n) is 12.0. The van der Waals surface area contributed by atoms with E-state index in [0.717, 1.165) is 48.2 Å². The monoisotopic (exact) mass is 468 g/mol. The molecule has 0 aromatic heterocycles. The Morgan fingerprint density at radius 3 is 1.41 bits per heavy atom. The van der Waals surface area contributed by atoms with Gasteiger partial charge in [0, 0.05) is 12.8 Å². The largest absolute Gasteiger partial charge is 0.369 e. The normalized spacial score (nSPS) is 11.4. The lowest BCUT2D eigenvalue weighted by atomic mass is 9.96. The summed E-state index contributed by atoms with van der Waals surface area (Å²) in [7, 11) is 8.02. The molecule has 0 unspecified atom stereocenters. The van der Waals surface area contributed by atoms with Crippen molar-refractivity contribution in [1.29, 1.82) is 0 Å². The van der Waals surface area contributed by atoms with Gasteiger partial charge in [-0.3, -0.25) is 9.59 Å². The standard InChI is InChI=1S/C28H40N2O4/c1-29(2)17-9-13-25(31)21-33-19-23-11-5-7-15-27(23)28-16-8-6-12-24(28)20-34-22-26(32)14-10-18-30(3)4/h5-8,11-12,15-16H,9-10,13-14,17-22H2,1-4H3. The van der Waals surface area contributed by atoms with Crippen molar-refractivity contribution in [1.82, 2.24) is 9.80 Å². The fourth-order valence-electron chi connectivity index (χ4n) is 3.70. The fourth-order valence-corrected chi connectivity index (χ4v) is 3.70. The molecular weight excluding hydrogens is 428 g/mol. The number of rotatable bonds is 17. The highest BCUT2D eigenvalue weighted by Crippen LogP contribution is 2.28. The smallest absolute Gasteiger partial charge is 0.158 e. The summed E-state index contributed by atoms with van der Waals surface area (Å²) >= 11 is 0. The summed E-state index contributed by atoms with van der Waals surface area (Å²) in [5, 5.41) is 0. The first kappa shape index (κ1) is 27.9. The summed E-state index contributed by atoms with van der Waals surface area (Å²) in [5.74, 6) is 0.256. The van der Waals surface area contributed by atoms with Crippen LogP contribution in [0.2, 0.25) is 0 Å². The average molecular weight is 469 g/mol. The van der Waals surface area contributed by atoms with Crippen LogP contribution in [0.5, 0.6) is 0 Å². The second-order valence-corrected chi connectivity index (χ2v) is 9.19. The summed E-state index contributed by atoms with van der Waals surface area (Å²) in [6.45, 7) is 2.79. The molecule has 2 aromatic rings. The Hall–Kier alpha value is -2.38. The molecule has 0 radical (unpaired) electrons. The lowest BCUT2D eigenvalue weighted by Gasteiger charge is -2.15. The van der Waals surface area contributed by atoms with Crippen molar-refractivity contribution >= 4 is 11.6 Å². The van der Waals surface area contributed by atoms with Gasteiger partial charge in [0.15, 0.2) is 11.6 Å². The van der Waals surface area contributed by atoms with Gasteiger partial charge < -0.3 is 19.3 Å². The molecule has 6 nitrogen and oxygen atoms in total. The Morgan fingerprint density at radius 2 is 1.03 bits per heavy atom. The van der Waals surface area contributed by atoms with Gasteiger partial charge in [-0.2, -0.15) is 0 Å². The number of Topliss-reactive ketones (excluding diaryl/α,β-unsaturated/α-hetero) is 2. The topological polar surface area (TPSA) is 59.1 Å². The minimum atomic E-state index is 0.127. The van der Waals surface area contributed by atoms with Crippen LogP contribution in [0.3, 0.4) is 0 Å². The number of ether oxygens (including phenoxy) is 2. The Kier molecular flexibility index (Phi) is 12.7. The van der Waals surface area contributed by atoms with Gasteiger partial charge in [0.05, 0.1) is 13.2 Å². The van der Waals surface area contributed by atoms with Gasteiger partial charge in [0.25, 0.3) is 0 Å². The Balaban J connectivity index is 1.92. The molecular formula is C28H40N2O4. The number of hydrogen-bond acceptors (Lipinski definition) is 6. The van der Waals surface area contributed by atoms with Crippen molar-refractivity contribution in [2.45, 2.75) is 38.9 Å². The van der Waals surface area contributed by atoms with Gasteiger partial charge in [-0.1, -0.05) is 48.5 Å². The molecule has 0 aliphatic rings. The van der Waals surface area contributed by atoms with Gasteiger partial charge in [-0.15, -0.1) is 0 Å². The molecule has 2 aromatic carbocycles. The number of hydrogen-bond donors (Lipinski definition) is 0. The molecule has 34 heavy (non-hydrogen) atoms. The second-order valence-electron chi connectivity index (χ2n) is 9.19. The number of benzene rings is 2. The van der Waals surface area contributed by atoms with Crippen molar-refractivity contribution in [3.05, 3.63) is 59.7 Å². The van der Waals surface area contributed by atoms with Gasteiger partial charge in [-0.05, 0) is 76.4 Å². The number of nitrogens with zero attached hydrogens (tertiary/aromatic N) is 2. The van der Waals surface area contributed by atoms with E-state index in [-0.39, 0.29) is 24.8 Å². The molecule has 0 saturated carbocycles. The van der Waals surface area contributed by atoms with Gasteiger partial charge in [0.2, 0.25) is 0 Å². The van der Waals surface area contributed by atoms with Crippen molar-refractivity contribution in [2.24, 2.45) is 0 Å². The Bertz CT molecular complexity index is 822. The molecule has 2 rings (SSSR count). The van der Waals surface area contributed by atoms with E-state index in [1.807, 2.05) is 64.6 Å². The third-order valence-corrected chi connectivity index (χ3v) is 5.49. The average Bonchev–Trinajstić information content (AvgIpc) is 2.79. The number of ketones is 2. The van der Waals surface area contributed by atoms with E-state index in [2.05, 4.69) is 21.9 Å². The van der Waals surface area contributed by atoms with E-state index < -0.39 is 0 Å². The highest BCUT2D eigenvalue weighted by atomic mass is 16.5. The number of carbonyl (C=O) groups is 2. The van der Waals surface area contributed by atoms with E-state index in [9.17, 15) is 9.59 Å². The highest BCUT2D eigenvalue weighted by Gasteiger charge is 2.11. The molecule has 0 aliphatic carbocycles. The maximum atomic E-state index is 12.1. The third kappa shape index (κ3) is 10.7. The minimum absolute atomic E-state index is 0.127. The van der Waals surface area contributed by atoms with E-state index in [1.165, 1.54) is 0 Å². The van der Waals surface area contributed by atoms with Crippen LogP contribution in [0.15, 0.2) is 48.5 Å². The summed E-state index contributed by atoms with van der Waals surface area (Å²) in [5.41, 5.74) is 4.16. The first-order valence-corrected chi connectivity index (χ1v) is 12.0. The van der Waals surface area contributed by atoms with E-state index in [1.54, 1.807) is 0 Å². The molecule has 0 saturated heterocycles. The lowest BCUT2D eigenvalue weighted by Crippen LogP contribution is -2.16. The van der Waals surface area contributed by atoms with Crippen LogP contribution in [0.25, 0.3) is 11.1 Å². The van der Waals surface area contributed by atoms with Gasteiger partial charge in [0.1, 0.15) is 13.2 Å². The van der Waals surface area contributed by atoms with E-state index >= 15 is 0 Å². The number of carbonyl (C=O) groups excluding carboxylic acids is 2. The maximum Gasteiger partial charge on any atom is 0.158 e. The second kappa shape index (κ2) is 15.5. The summed E-state index contributed by atoms with van der Waals surface area (Å²) in [6, 6.07) is 16.1. The summed E-state index contributed by atoms with van der Waals surface area (Å²) < 4.78 is 11.5. The third-order valence-electron chi connectivity index (χ3n) is 5.49. The SMILES string of the molecule is CN(C)CCCC(=O)COCc1ccccc1-c1ccccc1COCC(=O)CCCN(C)C.